The van der Waals surface area contributed by atoms with E-state index in [1.165, 1.54) is 6.33 Å². The standard InChI is InChI=1S/C10H17N3O2/c1-3-8(14)4-5-11-9-6-10(15-2)13-7-12-9/h6-8,14H,3-5H2,1-2H3,(H,11,12,13). The number of aromatic nitrogens is 2. The van der Waals surface area contributed by atoms with E-state index < -0.39 is 0 Å². The van der Waals surface area contributed by atoms with Crippen LogP contribution in [0.25, 0.3) is 0 Å². The first-order valence-electron chi connectivity index (χ1n) is 5.04. The third kappa shape index (κ3) is 4.12. The molecule has 0 fully saturated rings. The fourth-order valence-electron chi connectivity index (χ4n) is 1.12. The van der Waals surface area contributed by atoms with Crippen molar-refractivity contribution in [3.8, 4) is 5.88 Å². The van der Waals surface area contributed by atoms with Gasteiger partial charge in [0.05, 0.1) is 13.2 Å². The van der Waals surface area contributed by atoms with E-state index in [4.69, 9.17) is 4.74 Å². The SMILES string of the molecule is CCC(O)CCNc1cc(OC)ncn1. The van der Waals surface area contributed by atoms with Crippen molar-refractivity contribution in [2.45, 2.75) is 25.9 Å². The summed E-state index contributed by atoms with van der Waals surface area (Å²) in [6.07, 6.45) is 2.68. The maximum Gasteiger partial charge on any atom is 0.218 e. The Morgan fingerprint density at radius 3 is 3.00 bits per heavy atom. The van der Waals surface area contributed by atoms with Crippen molar-refractivity contribution in [3.63, 3.8) is 0 Å². The van der Waals surface area contributed by atoms with E-state index in [-0.39, 0.29) is 6.10 Å². The zero-order chi connectivity index (χ0) is 11.1. The normalized spacial score (nSPS) is 12.2. The van der Waals surface area contributed by atoms with Gasteiger partial charge in [-0.05, 0) is 12.8 Å². The summed E-state index contributed by atoms with van der Waals surface area (Å²) in [6.45, 7) is 2.65. The molecule has 5 heteroatoms. The van der Waals surface area contributed by atoms with Crippen molar-refractivity contribution in [2.75, 3.05) is 19.0 Å². The van der Waals surface area contributed by atoms with Crippen molar-refractivity contribution >= 4 is 5.82 Å². The van der Waals surface area contributed by atoms with E-state index in [0.717, 1.165) is 6.42 Å². The van der Waals surface area contributed by atoms with Crippen molar-refractivity contribution in [1.82, 2.24) is 9.97 Å². The molecule has 0 aliphatic carbocycles. The molecule has 0 bridgehead atoms. The summed E-state index contributed by atoms with van der Waals surface area (Å²) in [6, 6.07) is 1.72. The molecule has 0 aliphatic heterocycles. The van der Waals surface area contributed by atoms with Gasteiger partial charge in [0, 0.05) is 12.6 Å². The van der Waals surface area contributed by atoms with Crippen LogP contribution >= 0.6 is 0 Å². The number of aliphatic hydroxyl groups excluding tert-OH is 1. The molecule has 15 heavy (non-hydrogen) atoms. The number of aliphatic hydroxyl groups is 1. The van der Waals surface area contributed by atoms with Crippen LogP contribution in [0.4, 0.5) is 5.82 Å². The zero-order valence-corrected chi connectivity index (χ0v) is 9.10. The Bertz CT molecular complexity index is 294. The van der Waals surface area contributed by atoms with E-state index in [0.29, 0.717) is 24.7 Å². The molecule has 84 valence electrons. The number of ether oxygens (including phenoxy) is 1. The average Bonchev–Trinajstić information content (AvgIpc) is 2.29. The predicted octanol–water partition coefficient (Wildman–Crippen LogP) is 1.06. The Morgan fingerprint density at radius 1 is 1.53 bits per heavy atom. The monoisotopic (exact) mass is 211 g/mol. The van der Waals surface area contributed by atoms with Crippen molar-refractivity contribution < 1.29 is 9.84 Å². The molecule has 0 aliphatic rings. The van der Waals surface area contributed by atoms with Crippen LogP contribution in [0, 0.1) is 0 Å². The van der Waals surface area contributed by atoms with Crippen LogP contribution in [0.2, 0.25) is 0 Å². The largest absolute Gasteiger partial charge is 0.481 e. The predicted molar refractivity (Wildman–Crippen MR) is 58.0 cm³/mol. The van der Waals surface area contributed by atoms with Crippen molar-refractivity contribution in [3.05, 3.63) is 12.4 Å². The molecular weight excluding hydrogens is 194 g/mol. The summed E-state index contributed by atoms with van der Waals surface area (Å²) in [4.78, 5) is 7.92. The van der Waals surface area contributed by atoms with Gasteiger partial charge in [0.2, 0.25) is 5.88 Å². The summed E-state index contributed by atoms with van der Waals surface area (Å²) in [5.41, 5.74) is 0. The summed E-state index contributed by atoms with van der Waals surface area (Å²) >= 11 is 0. The second kappa shape index (κ2) is 6.19. The van der Waals surface area contributed by atoms with E-state index in [1.54, 1.807) is 13.2 Å². The quantitative estimate of drug-likeness (QED) is 0.736. The lowest BCUT2D eigenvalue weighted by atomic mass is 10.2. The Morgan fingerprint density at radius 2 is 2.33 bits per heavy atom. The van der Waals surface area contributed by atoms with E-state index in [1.807, 2.05) is 6.92 Å². The van der Waals surface area contributed by atoms with E-state index in [2.05, 4.69) is 15.3 Å². The fourth-order valence-corrected chi connectivity index (χ4v) is 1.12. The summed E-state index contributed by atoms with van der Waals surface area (Å²) < 4.78 is 4.96. The van der Waals surface area contributed by atoms with Crippen LogP contribution in [0.3, 0.4) is 0 Å². The highest BCUT2D eigenvalue weighted by molar-refractivity contribution is 5.36. The molecule has 1 unspecified atom stereocenters. The third-order valence-corrected chi connectivity index (χ3v) is 2.11. The number of nitrogens with one attached hydrogen (secondary N) is 1. The summed E-state index contributed by atoms with van der Waals surface area (Å²) in [5.74, 6) is 1.24. The number of hydrogen-bond donors (Lipinski definition) is 2. The maximum absolute atomic E-state index is 9.34. The smallest absolute Gasteiger partial charge is 0.218 e. The minimum atomic E-state index is -0.249. The first kappa shape index (κ1) is 11.7. The van der Waals surface area contributed by atoms with E-state index in [9.17, 15) is 5.11 Å². The first-order chi connectivity index (χ1) is 7.26. The lowest BCUT2D eigenvalue weighted by molar-refractivity contribution is 0.164. The zero-order valence-electron chi connectivity index (χ0n) is 9.10. The molecule has 1 aromatic rings. The Balaban J connectivity index is 2.37. The minimum absolute atomic E-state index is 0.249. The first-order valence-corrected chi connectivity index (χ1v) is 5.04. The molecule has 2 N–H and O–H groups in total. The molecular formula is C10H17N3O2. The van der Waals surface area contributed by atoms with Gasteiger partial charge in [0.25, 0.3) is 0 Å². The number of nitrogens with zero attached hydrogens (tertiary/aromatic N) is 2. The molecule has 1 aromatic heterocycles. The molecule has 5 nitrogen and oxygen atoms in total. The highest BCUT2D eigenvalue weighted by atomic mass is 16.5. The van der Waals surface area contributed by atoms with Gasteiger partial charge in [-0.1, -0.05) is 6.92 Å². The van der Waals surface area contributed by atoms with Gasteiger partial charge >= 0.3 is 0 Å². The lowest BCUT2D eigenvalue weighted by Gasteiger charge is -2.09. The molecule has 0 radical (unpaired) electrons. The van der Waals surface area contributed by atoms with E-state index >= 15 is 0 Å². The number of methoxy groups -OCH3 is 1. The highest BCUT2D eigenvalue weighted by Gasteiger charge is 2.01. The van der Waals surface area contributed by atoms with Crippen LogP contribution in [0.5, 0.6) is 5.88 Å². The number of hydrogen-bond acceptors (Lipinski definition) is 5. The third-order valence-electron chi connectivity index (χ3n) is 2.11. The molecule has 0 amide bonds. The van der Waals surface area contributed by atoms with Crippen molar-refractivity contribution in [1.29, 1.82) is 0 Å². The second-order valence-electron chi connectivity index (χ2n) is 3.22. The molecule has 0 spiro atoms. The van der Waals surface area contributed by atoms with Gasteiger partial charge in [-0.3, -0.25) is 0 Å². The molecule has 0 aromatic carbocycles. The summed E-state index contributed by atoms with van der Waals surface area (Å²) in [7, 11) is 1.56. The molecule has 0 saturated carbocycles. The Kier molecular flexibility index (Phi) is 4.83. The summed E-state index contributed by atoms with van der Waals surface area (Å²) in [5, 5.41) is 12.4. The van der Waals surface area contributed by atoms with Gasteiger partial charge in [-0.15, -0.1) is 0 Å². The molecule has 1 heterocycles. The average molecular weight is 211 g/mol. The topological polar surface area (TPSA) is 67.3 Å². The highest BCUT2D eigenvalue weighted by Crippen LogP contribution is 2.10. The van der Waals surface area contributed by atoms with Gasteiger partial charge in [-0.2, -0.15) is 0 Å². The maximum atomic E-state index is 9.34. The minimum Gasteiger partial charge on any atom is -0.481 e. The Labute approximate surface area is 89.5 Å². The van der Waals surface area contributed by atoms with Crippen LogP contribution in [0.15, 0.2) is 12.4 Å². The van der Waals surface area contributed by atoms with Crippen LogP contribution in [0.1, 0.15) is 19.8 Å². The molecule has 0 saturated heterocycles. The fraction of sp³-hybridized carbons (Fsp3) is 0.600. The second-order valence-corrected chi connectivity index (χ2v) is 3.22. The molecule has 1 atom stereocenters. The van der Waals surface area contributed by atoms with Gasteiger partial charge < -0.3 is 15.2 Å². The van der Waals surface area contributed by atoms with Crippen LogP contribution in [-0.2, 0) is 0 Å². The van der Waals surface area contributed by atoms with Gasteiger partial charge in [0.15, 0.2) is 0 Å². The molecule has 1 rings (SSSR count). The van der Waals surface area contributed by atoms with Gasteiger partial charge in [0.1, 0.15) is 12.1 Å². The number of anilines is 1. The Hall–Kier alpha value is -1.36. The van der Waals surface area contributed by atoms with Crippen molar-refractivity contribution in [2.24, 2.45) is 0 Å². The van der Waals surface area contributed by atoms with Crippen LogP contribution in [-0.4, -0.2) is 34.8 Å². The van der Waals surface area contributed by atoms with Crippen LogP contribution < -0.4 is 10.1 Å². The number of rotatable bonds is 6. The lowest BCUT2D eigenvalue weighted by Crippen LogP contribution is -2.12. The van der Waals surface area contributed by atoms with Gasteiger partial charge in [-0.25, -0.2) is 9.97 Å².